The van der Waals surface area contributed by atoms with Gasteiger partial charge in [-0.3, -0.25) is 0 Å². The molecular formula is C11H18N2O2. The summed E-state index contributed by atoms with van der Waals surface area (Å²) in [6, 6.07) is 4.85. The fourth-order valence-electron chi connectivity index (χ4n) is 1.46. The highest BCUT2D eigenvalue weighted by Crippen LogP contribution is 2.26. The van der Waals surface area contributed by atoms with Crippen molar-refractivity contribution in [3.63, 3.8) is 0 Å². The van der Waals surface area contributed by atoms with Gasteiger partial charge in [-0.05, 0) is 13.0 Å². The molecule has 0 heterocycles. The Morgan fingerprint density at radius 2 is 2.07 bits per heavy atom. The van der Waals surface area contributed by atoms with E-state index < -0.39 is 12.1 Å². The largest absolute Gasteiger partial charge is 0.496 e. The van der Waals surface area contributed by atoms with Crippen molar-refractivity contribution in [3.8, 4) is 5.75 Å². The van der Waals surface area contributed by atoms with Crippen molar-refractivity contribution in [2.24, 2.45) is 11.5 Å². The third kappa shape index (κ3) is 2.68. The number of hydrogen-bond acceptors (Lipinski definition) is 4. The van der Waals surface area contributed by atoms with Gasteiger partial charge in [0.25, 0.3) is 0 Å². The van der Waals surface area contributed by atoms with E-state index in [1.165, 1.54) is 0 Å². The van der Waals surface area contributed by atoms with Crippen LogP contribution in [0.5, 0.6) is 5.75 Å². The van der Waals surface area contributed by atoms with Gasteiger partial charge in [0, 0.05) is 11.6 Å². The van der Waals surface area contributed by atoms with E-state index in [9.17, 15) is 0 Å². The minimum atomic E-state index is -0.472. The first-order chi connectivity index (χ1) is 7.10. The maximum atomic E-state index is 8.95. The highest BCUT2D eigenvalue weighted by Gasteiger charge is 2.18. The summed E-state index contributed by atoms with van der Waals surface area (Å²) in [7, 11) is 1.59. The van der Waals surface area contributed by atoms with E-state index in [0.29, 0.717) is 5.75 Å². The van der Waals surface area contributed by atoms with Gasteiger partial charge in [-0.1, -0.05) is 17.7 Å². The summed E-state index contributed by atoms with van der Waals surface area (Å²) in [5.41, 5.74) is 13.5. The Kier molecular flexibility index (Phi) is 4.08. The summed E-state index contributed by atoms with van der Waals surface area (Å²) >= 11 is 0. The van der Waals surface area contributed by atoms with E-state index >= 15 is 0 Å². The molecular weight excluding hydrogens is 192 g/mol. The number of aryl methyl sites for hydroxylation is 1. The zero-order valence-electron chi connectivity index (χ0n) is 9.10. The highest BCUT2D eigenvalue weighted by atomic mass is 16.5. The molecule has 0 spiro atoms. The van der Waals surface area contributed by atoms with Gasteiger partial charge in [0.2, 0.25) is 0 Å². The molecule has 0 saturated heterocycles. The lowest BCUT2D eigenvalue weighted by atomic mass is 9.98. The molecule has 0 saturated carbocycles. The first-order valence-corrected chi connectivity index (χ1v) is 4.86. The Morgan fingerprint density at radius 1 is 1.40 bits per heavy atom. The molecule has 0 aliphatic carbocycles. The monoisotopic (exact) mass is 210 g/mol. The van der Waals surface area contributed by atoms with Gasteiger partial charge in [0.1, 0.15) is 5.75 Å². The summed E-state index contributed by atoms with van der Waals surface area (Å²) in [4.78, 5) is 0. The molecule has 2 unspecified atom stereocenters. The van der Waals surface area contributed by atoms with Crippen LogP contribution < -0.4 is 16.2 Å². The van der Waals surface area contributed by atoms with Crippen molar-refractivity contribution in [1.29, 1.82) is 0 Å². The smallest absolute Gasteiger partial charge is 0.123 e. The van der Waals surface area contributed by atoms with Gasteiger partial charge in [-0.2, -0.15) is 0 Å². The molecule has 0 fully saturated rings. The molecule has 5 N–H and O–H groups in total. The number of ether oxygens (including phenoxy) is 1. The van der Waals surface area contributed by atoms with Crippen molar-refractivity contribution >= 4 is 0 Å². The van der Waals surface area contributed by atoms with Crippen LogP contribution in [0.15, 0.2) is 18.2 Å². The van der Waals surface area contributed by atoms with Crippen LogP contribution in [0.25, 0.3) is 0 Å². The van der Waals surface area contributed by atoms with Crippen molar-refractivity contribution < 1.29 is 9.84 Å². The summed E-state index contributed by atoms with van der Waals surface area (Å²) in [6.07, 6.45) is 0. The Hall–Kier alpha value is -1.10. The number of rotatable bonds is 4. The topological polar surface area (TPSA) is 81.5 Å². The van der Waals surface area contributed by atoms with E-state index in [1.54, 1.807) is 7.11 Å². The van der Waals surface area contributed by atoms with Gasteiger partial charge in [0.05, 0.1) is 19.8 Å². The van der Waals surface area contributed by atoms with E-state index in [4.69, 9.17) is 21.3 Å². The van der Waals surface area contributed by atoms with Crippen molar-refractivity contribution in [2.75, 3.05) is 13.7 Å². The molecule has 1 aromatic rings. The van der Waals surface area contributed by atoms with Gasteiger partial charge < -0.3 is 21.3 Å². The number of nitrogens with two attached hydrogens (primary N) is 2. The van der Waals surface area contributed by atoms with Gasteiger partial charge >= 0.3 is 0 Å². The Bertz CT molecular complexity index is 328. The average molecular weight is 210 g/mol. The molecule has 84 valence electrons. The fraction of sp³-hybridized carbons (Fsp3) is 0.455. The maximum Gasteiger partial charge on any atom is 0.123 e. The molecule has 15 heavy (non-hydrogen) atoms. The SMILES string of the molecule is COc1ccc(C)cc1C(N)C(N)CO. The van der Waals surface area contributed by atoms with Crippen LogP contribution in [0.4, 0.5) is 0 Å². The van der Waals surface area contributed by atoms with Crippen molar-refractivity contribution in [2.45, 2.75) is 19.0 Å². The number of aliphatic hydroxyl groups is 1. The van der Waals surface area contributed by atoms with Crippen LogP contribution in [-0.2, 0) is 0 Å². The van der Waals surface area contributed by atoms with E-state index in [-0.39, 0.29) is 6.61 Å². The molecule has 4 heteroatoms. The van der Waals surface area contributed by atoms with Crippen LogP contribution in [0.3, 0.4) is 0 Å². The number of hydrogen-bond donors (Lipinski definition) is 3. The first kappa shape index (κ1) is 12.0. The Morgan fingerprint density at radius 3 is 2.60 bits per heavy atom. The molecule has 4 nitrogen and oxygen atoms in total. The normalized spacial score (nSPS) is 14.7. The molecule has 2 atom stereocenters. The van der Waals surface area contributed by atoms with Crippen LogP contribution in [0.1, 0.15) is 17.2 Å². The second-order valence-electron chi connectivity index (χ2n) is 3.62. The number of benzene rings is 1. The van der Waals surface area contributed by atoms with Crippen LogP contribution in [0, 0.1) is 6.92 Å². The van der Waals surface area contributed by atoms with Gasteiger partial charge in [-0.25, -0.2) is 0 Å². The molecule has 0 radical (unpaired) electrons. The lowest BCUT2D eigenvalue weighted by molar-refractivity contribution is 0.248. The minimum absolute atomic E-state index is 0.141. The maximum absolute atomic E-state index is 8.95. The zero-order chi connectivity index (χ0) is 11.4. The van der Waals surface area contributed by atoms with Crippen molar-refractivity contribution in [1.82, 2.24) is 0 Å². The van der Waals surface area contributed by atoms with E-state index in [2.05, 4.69) is 0 Å². The van der Waals surface area contributed by atoms with Crippen LogP contribution >= 0.6 is 0 Å². The van der Waals surface area contributed by atoms with E-state index in [1.807, 2.05) is 25.1 Å². The standard InChI is InChI=1S/C11H18N2O2/c1-7-3-4-10(15-2)8(5-7)11(13)9(12)6-14/h3-5,9,11,14H,6,12-13H2,1-2H3. The fourth-order valence-corrected chi connectivity index (χ4v) is 1.46. The minimum Gasteiger partial charge on any atom is -0.496 e. The number of aliphatic hydroxyl groups excluding tert-OH is 1. The predicted octanol–water partition coefficient (Wildman–Crippen LogP) is 0.323. The molecule has 0 aliphatic rings. The molecule has 0 bridgehead atoms. The van der Waals surface area contributed by atoms with Crippen molar-refractivity contribution in [3.05, 3.63) is 29.3 Å². The highest BCUT2D eigenvalue weighted by molar-refractivity contribution is 5.39. The lowest BCUT2D eigenvalue weighted by Gasteiger charge is -2.20. The number of methoxy groups -OCH3 is 1. The third-order valence-electron chi connectivity index (χ3n) is 2.42. The summed E-state index contributed by atoms with van der Waals surface area (Å²) in [6.45, 7) is 1.83. The quantitative estimate of drug-likeness (QED) is 0.668. The lowest BCUT2D eigenvalue weighted by Crippen LogP contribution is -2.37. The summed E-state index contributed by atoms with van der Waals surface area (Å²) in [5, 5.41) is 8.95. The Labute approximate surface area is 89.8 Å². The van der Waals surface area contributed by atoms with Gasteiger partial charge in [0.15, 0.2) is 0 Å². The zero-order valence-corrected chi connectivity index (χ0v) is 9.10. The summed E-state index contributed by atoms with van der Waals surface area (Å²) in [5.74, 6) is 0.706. The molecule has 1 rings (SSSR count). The predicted molar refractivity (Wildman–Crippen MR) is 59.7 cm³/mol. The second kappa shape index (κ2) is 5.11. The van der Waals surface area contributed by atoms with E-state index in [0.717, 1.165) is 11.1 Å². The third-order valence-corrected chi connectivity index (χ3v) is 2.42. The Balaban J connectivity index is 3.05. The molecule has 0 aromatic heterocycles. The first-order valence-electron chi connectivity index (χ1n) is 4.86. The molecule has 0 amide bonds. The second-order valence-corrected chi connectivity index (χ2v) is 3.62. The van der Waals surface area contributed by atoms with Crippen LogP contribution in [-0.4, -0.2) is 24.9 Å². The molecule has 1 aromatic carbocycles. The van der Waals surface area contributed by atoms with Crippen LogP contribution in [0.2, 0.25) is 0 Å². The van der Waals surface area contributed by atoms with Gasteiger partial charge in [-0.15, -0.1) is 0 Å². The molecule has 0 aliphatic heterocycles. The summed E-state index contributed by atoms with van der Waals surface area (Å²) < 4.78 is 5.20. The average Bonchev–Trinajstić information content (AvgIpc) is 2.27.